The second-order valence-electron chi connectivity index (χ2n) is 4.95. The number of aliphatic hydroxyl groups excluding tert-OH is 1. The van der Waals surface area contributed by atoms with E-state index in [2.05, 4.69) is 21.2 Å². The monoisotopic (exact) mass is 345 g/mol. The molecule has 0 aromatic heterocycles. The molecule has 2 rings (SSSR count). The van der Waals surface area contributed by atoms with Crippen molar-refractivity contribution in [2.45, 2.75) is 31.8 Å². The fraction of sp³-hybridized carbons (Fsp3) is 0.500. The van der Waals surface area contributed by atoms with Gasteiger partial charge in [0.05, 0.1) is 11.1 Å². The Morgan fingerprint density at radius 1 is 1.42 bits per heavy atom. The number of benzene rings is 1. The Kier molecular flexibility index (Phi) is 5.25. The van der Waals surface area contributed by atoms with Gasteiger partial charge in [0.15, 0.2) is 0 Å². The molecule has 1 saturated carbocycles. The van der Waals surface area contributed by atoms with Crippen LogP contribution in [0.3, 0.4) is 0 Å². The van der Waals surface area contributed by atoms with Crippen LogP contribution in [0.4, 0.5) is 0 Å². The first-order valence-electron chi connectivity index (χ1n) is 6.49. The van der Waals surface area contributed by atoms with Gasteiger partial charge in [0.1, 0.15) is 0 Å². The van der Waals surface area contributed by atoms with Crippen molar-refractivity contribution in [3.8, 4) is 0 Å². The highest BCUT2D eigenvalue weighted by atomic mass is 79.9. The van der Waals surface area contributed by atoms with Crippen molar-refractivity contribution < 1.29 is 9.90 Å². The number of hydrogen-bond acceptors (Lipinski definition) is 2. The Bertz CT molecular complexity index is 467. The number of carbonyl (C=O) groups excluding carboxylic acids is 1. The second kappa shape index (κ2) is 6.73. The number of carbonyl (C=O) groups is 1. The summed E-state index contributed by atoms with van der Waals surface area (Å²) >= 11 is 9.19. The summed E-state index contributed by atoms with van der Waals surface area (Å²) in [5.41, 5.74) is 0.571. The maximum absolute atomic E-state index is 12.0. The first-order valence-corrected chi connectivity index (χ1v) is 7.66. The van der Waals surface area contributed by atoms with Gasteiger partial charge < -0.3 is 10.4 Å². The molecule has 19 heavy (non-hydrogen) atoms. The minimum atomic E-state index is -0.286. The van der Waals surface area contributed by atoms with Crippen molar-refractivity contribution >= 4 is 33.4 Å². The molecular formula is C14H17BrClNO2. The molecule has 1 amide bonds. The van der Waals surface area contributed by atoms with Crippen molar-refractivity contribution in [1.82, 2.24) is 5.32 Å². The zero-order valence-electron chi connectivity index (χ0n) is 10.5. The van der Waals surface area contributed by atoms with Crippen molar-refractivity contribution in [3.05, 3.63) is 33.3 Å². The molecule has 2 N–H and O–H groups in total. The van der Waals surface area contributed by atoms with Gasteiger partial charge in [-0.1, -0.05) is 24.4 Å². The van der Waals surface area contributed by atoms with E-state index >= 15 is 0 Å². The van der Waals surface area contributed by atoms with Crippen LogP contribution >= 0.6 is 27.5 Å². The van der Waals surface area contributed by atoms with E-state index < -0.39 is 0 Å². The Morgan fingerprint density at radius 3 is 2.84 bits per heavy atom. The molecule has 1 aromatic rings. The average molecular weight is 347 g/mol. The lowest BCUT2D eigenvalue weighted by Crippen LogP contribution is -2.36. The van der Waals surface area contributed by atoms with E-state index in [0.29, 0.717) is 21.6 Å². The van der Waals surface area contributed by atoms with Crippen molar-refractivity contribution in [2.24, 2.45) is 5.92 Å². The SMILES string of the molecule is O=C(NCC1CCCCC1O)c1ccc(Cl)c(Br)c1. The van der Waals surface area contributed by atoms with Crippen molar-refractivity contribution in [2.75, 3.05) is 6.54 Å². The fourth-order valence-electron chi connectivity index (χ4n) is 2.39. The number of hydrogen-bond donors (Lipinski definition) is 2. The van der Waals surface area contributed by atoms with Gasteiger partial charge in [-0.3, -0.25) is 4.79 Å². The smallest absolute Gasteiger partial charge is 0.251 e. The van der Waals surface area contributed by atoms with Crippen LogP contribution in [0.15, 0.2) is 22.7 Å². The molecule has 0 bridgehead atoms. The summed E-state index contributed by atoms with van der Waals surface area (Å²) in [7, 11) is 0. The topological polar surface area (TPSA) is 49.3 Å². The molecule has 1 aromatic carbocycles. The zero-order valence-corrected chi connectivity index (χ0v) is 12.9. The molecule has 0 radical (unpaired) electrons. The van der Waals surface area contributed by atoms with Gasteiger partial charge in [-0.15, -0.1) is 0 Å². The van der Waals surface area contributed by atoms with E-state index in [1.807, 2.05) is 0 Å². The van der Waals surface area contributed by atoms with Gasteiger partial charge in [-0.05, 0) is 47.0 Å². The van der Waals surface area contributed by atoms with Gasteiger partial charge in [-0.25, -0.2) is 0 Å². The van der Waals surface area contributed by atoms with Crippen LogP contribution in [0, 0.1) is 5.92 Å². The minimum Gasteiger partial charge on any atom is -0.393 e. The number of nitrogens with one attached hydrogen (secondary N) is 1. The van der Waals surface area contributed by atoms with Gasteiger partial charge >= 0.3 is 0 Å². The van der Waals surface area contributed by atoms with Crippen LogP contribution < -0.4 is 5.32 Å². The summed E-state index contributed by atoms with van der Waals surface area (Å²) in [5.74, 6) is 0.0450. The molecule has 104 valence electrons. The number of rotatable bonds is 3. The summed E-state index contributed by atoms with van der Waals surface area (Å²) < 4.78 is 0.708. The lowest BCUT2D eigenvalue weighted by Gasteiger charge is -2.27. The lowest BCUT2D eigenvalue weighted by molar-refractivity contribution is 0.0663. The summed E-state index contributed by atoms with van der Waals surface area (Å²) in [6.45, 7) is 0.528. The maximum Gasteiger partial charge on any atom is 0.251 e. The largest absolute Gasteiger partial charge is 0.393 e. The summed E-state index contributed by atoms with van der Waals surface area (Å²) in [4.78, 5) is 12.0. The van der Waals surface area contributed by atoms with E-state index in [4.69, 9.17) is 11.6 Å². The predicted octanol–water partition coefficient (Wildman–Crippen LogP) is 3.38. The number of halogens is 2. The highest BCUT2D eigenvalue weighted by Crippen LogP contribution is 2.25. The van der Waals surface area contributed by atoms with Gasteiger partial charge in [0, 0.05) is 22.5 Å². The van der Waals surface area contributed by atoms with Crippen LogP contribution in [0.1, 0.15) is 36.0 Å². The van der Waals surface area contributed by atoms with E-state index in [1.54, 1.807) is 18.2 Å². The van der Waals surface area contributed by atoms with E-state index in [0.717, 1.165) is 25.7 Å². The van der Waals surface area contributed by atoms with Gasteiger partial charge in [0.2, 0.25) is 0 Å². The van der Waals surface area contributed by atoms with Crippen LogP contribution in [0.5, 0.6) is 0 Å². The summed E-state index contributed by atoms with van der Waals surface area (Å²) in [6.07, 6.45) is 3.74. The molecule has 1 aliphatic carbocycles. The molecule has 5 heteroatoms. The normalized spacial score (nSPS) is 23.1. The molecule has 1 fully saturated rings. The van der Waals surface area contributed by atoms with E-state index in [1.165, 1.54) is 0 Å². The molecular weight excluding hydrogens is 330 g/mol. The molecule has 0 heterocycles. The molecule has 0 saturated heterocycles. The summed E-state index contributed by atoms with van der Waals surface area (Å²) in [5, 5.41) is 13.3. The van der Waals surface area contributed by atoms with Crippen LogP contribution in [0.2, 0.25) is 5.02 Å². The first-order chi connectivity index (χ1) is 9.08. The highest BCUT2D eigenvalue weighted by Gasteiger charge is 2.23. The second-order valence-corrected chi connectivity index (χ2v) is 6.21. The van der Waals surface area contributed by atoms with E-state index in [9.17, 15) is 9.90 Å². The number of amides is 1. The fourth-order valence-corrected chi connectivity index (χ4v) is 2.89. The summed E-state index contributed by atoms with van der Waals surface area (Å²) in [6, 6.07) is 5.09. The third-order valence-electron chi connectivity index (χ3n) is 3.58. The Morgan fingerprint density at radius 2 is 2.16 bits per heavy atom. The van der Waals surface area contributed by atoms with Crippen LogP contribution in [-0.4, -0.2) is 23.7 Å². The third-order valence-corrected chi connectivity index (χ3v) is 4.79. The lowest BCUT2D eigenvalue weighted by atomic mass is 9.86. The van der Waals surface area contributed by atoms with Crippen LogP contribution in [0.25, 0.3) is 0 Å². The molecule has 0 spiro atoms. The van der Waals surface area contributed by atoms with Crippen LogP contribution in [-0.2, 0) is 0 Å². The maximum atomic E-state index is 12.0. The highest BCUT2D eigenvalue weighted by molar-refractivity contribution is 9.10. The molecule has 1 aliphatic rings. The quantitative estimate of drug-likeness (QED) is 0.881. The molecule has 0 aliphatic heterocycles. The molecule has 2 unspecified atom stereocenters. The number of aliphatic hydroxyl groups is 1. The predicted molar refractivity (Wildman–Crippen MR) is 79.5 cm³/mol. The Balaban J connectivity index is 1.91. The standard InChI is InChI=1S/C14H17BrClNO2/c15-11-7-9(5-6-12(11)16)14(19)17-8-10-3-1-2-4-13(10)18/h5-7,10,13,18H,1-4,8H2,(H,17,19). The van der Waals surface area contributed by atoms with E-state index in [-0.39, 0.29) is 17.9 Å². The average Bonchev–Trinajstić information content (AvgIpc) is 2.40. The van der Waals surface area contributed by atoms with Gasteiger partial charge in [-0.2, -0.15) is 0 Å². The Hall–Kier alpha value is -0.580. The first kappa shape index (κ1) is 14.8. The minimum absolute atomic E-state index is 0.129. The third kappa shape index (κ3) is 3.94. The zero-order chi connectivity index (χ0) is 13.8. The Labute approximate surface area is 126 Å². The molecule has 2 atom stereocenters. The van der Waals surface area contributed by atoms with Gasteiger partial charge in [0.25, 0.3) is 5.91 Å². The molecule has 3 nitrogen and oxygen atoms in total. The van der Waals surface area contributed by atoms with Crippen molar-refractivity contribution in [3.63, 3.8) is 0 Å². The van der Waals surface area contributed by atoms with Crippen molar-refractivity contribution in [1.29, 1.82) is 0 Å².